The van der Waals surface area contributed by atoms with Crippen molar-refractivity contribution in [2.24, 2.45) is 0 Å². The fourth-order valence-electron chi connectivity index (χ4n) is 7.17. The molecule has 0 unspecified atom stereocenters. The van der Waals surface area contributed by atoms with Gasteiger partial charge >= 0.3 is 0 Å². The highest BCUT2D eigenvalue weighted by Crippen LogP contribution is 2.33. The number of nitrogens with zero attached hydrogens (tertiary/aromatic N) is 5. The Morgan fingerprint density at radius 3 is 1.30 bits per heavy atom. The average molecular weight is 732 g/mol. The van der Waals surface area contributed by atoms with E-state index < -0.39 is 0 Å². The molecular weight excluding hydrogens is 695 g/mol. The summed E-state index contributed by atoms with van der Waals surface area (Å²) in [5.74, 6) is 1.51. The van der Waals surface area contributed by atoms with E-state index in [1.54, 1.807) is 6.08 Å². The molecule has 0 aliphatic carbocycles. The largest absolute Gasteiger partial charge is 0.292 e. The van der Waals surface area contributed by atoms with Crippen LogP contribution in [0.15, 0.2) is 201 Å². The first-order valence-electron chi connectivity index (χ1n) is 18.9. The molecule has 5 heteroatoms. The molecule has 0 aliphatic heterocycles. The zero-order chi connectivity index (χ0) is 38.6. The standard InChI is InChI=1S/C52H37N5/c1-3-47-50(4-2)57(46-13-9-6-10-14-46)52(56-47)45-29-21-39(22-30-45)38-17-25-43(26-18-38)49-35-48(42-23-15-37(16-24-42)36-11-7-5-8-12-36)54-51(55-49)44-27-19-40(20-28-44)41-31-33-53-34-32-41/h3-35H,1-2H2. The van der Waals surface area contributed by atoms with Crippen molar-refractivity contribution in [1.29, 1.82) is 0 Å². The third-order valence-electron chi connectivity index (χ3n) is 10.2. The maximum atomic E-state index is 5.13. The van der Waals surface area contributed by atoms with Gasteiger partial charge in [-0.05, 0) is 75.9 Å². The van der Waals surface area contributed by atoms with Crippen molar-refractivity contribution in [2.75, 3.05) is 0 Å². The monoisotopic (exact) mass is 731 g/mol. The van der Waals surface area contributed by atoms with Gasteiger partial charge in [-0.2, -0.15) is 0 Å². The fraction of sp³-hybridized carbons (Fsp3) is 0. The van der Waals surface area contributed by atoms with Crippen LogP contribution in [0.2, 0.25) is 0 Å². The summed E-state index contributed by atoms with van der Waals surface area (Å²) in [7, 11) is 0. The smallest absolute Gasteiger partial charge is 0.160 e. The van der Waals surface area contributed by atoms with Crippen LogP contribution < -0.4 is 0 Å². The Labute approximate surface area is 332 Å². The van der Waals surface area contributed by atoms with Crippen molar-refractivity contribution < 1.29 is 0 Å². The van der Waals surface area contributed by atoms with Crippen LogP contribution in [0.4, 0.5) is 0 Å². The van der Waals surface area contributed by atoms with Crippen molar-refractivity contribution in [3.05, 3.63) is 213 Å². The molecule has 6 aromatic carbocycles. The minimum absolute atomic E-state index is 0.670. The molecule has 0 aliphatic rings. The first-order chi connectivity index (χ1) is 28.1. The average Bonchev–Trinajstić information content (AvgIpc) is 3.69. The van der Waals surface area contributed by atoms with Gasteiger partial charge in [0.15, 0.2) is 5.82 Å². The molecule has 0 bridgehead atoms. The van der Waals surface area contributed by atoms with E-state index in [-0.39, 0.29) is 0 Å². The highest BCUT2D eigenvalue weighted by Gasteiger charge is 2.17. The van der Waals surface area contributed by atoms with Crippen LogP contribution in [0.25, 0.3) is 96.5 Å². The zero-order valence-electron chi connectivity index (χ0n) is 31.2. The lowest BCUT2D eigenvalue weighted by molar-refractivity contribution is 1.05. The second-order valence-electron chi connectivity index (χ2n) is 13.7. The van der Waals surface area contributed by atoms with Crippen LogP contribution in [0, 0.1) is 0 Å². The zero-order valence-corrected chi connectivity index (χ0v) is 31.2. The van der Waals surface area contributed by atoms with E-state index in [1.165, 1.54) is 5.56 Å². The molecule has 0 saturated heterocycles. The molecule has 3 heterocycles. The number of aromatic nitrogens is 5. The molecule has 0 atom stereocenters. The lowest BCUT2D eigenvalue weighted by atomic mass is 9.99. The van der Waals surface area contributed by atoms with Crippen LogP contribution in [-0.2, 0) is 0 Å². The third kappa shape index (κ3) is 7.13. The molecule has 270 valence electrons. The Hall–Kier alpha value is -7.76. The summed E-state index contributed by atoms with van der Waals surface area (Å²) < 4.78 is 2.13. The maximum Gasteiger partial charge on any atom is 0.160 e. The number of imidazole rings is 1. The minimum Gasteiger partial charge on any atom is -0.292 e. The van der Waals surface area contributed by atoms with E-state index in [4.69, 9.17) is 15.0 Å². The topological polar surface area (TPSA) is 56.5 Å². The van der Waals surface area contributed by atoms with Crippen molar-refractivity contribution in [1.82, 2.24) is 24.5 Å². The van der Waals surface area contributed by atoms with Gasteiger partial charge in [0.2, 0.25) is 0 Å². The quantitative estimate of drug-likeness (QED) is 0.141. The molecule has 0 saturated carbocycles. The molecule has 3 aromatic heterocycles. The van der Waals surface area contributed by atoms with Crippen LogP contribution in [0.3, 0.4) is 0 Å². The Bertz CT molecular complexity index is 2710. The molecule has 0 radical (unpaired) electrons. The molecule has 9 rings (SSSR count). The number of hydrogen-bond acceptors (Lipinski definition) is 4. The minimum atomic E-state index is 0.670. The van der Waals surface area contributed by atoms with Crippen molar-refractivity contribution >= 4 is 12.2 Å². The van der Waals surface area contributed by atoms with Gasteiger partial charge in [-0.3, -0.25) is 9.55 Å². The lowest BCUT2D eigenvalue weighted by Crippen LogP contribution is -1.99. The normalized spacial score (nSPS) is 10.9. The van der Waals surface area contributed by atoms with Gasteiger partial charge in [-0.15, -0.1) is 0 Å². The molecule has 5 nitrogen and oxygen atoms in total. The summed E-state index contributed by atoms with van der Waals surface area (Å²) in [6.45, 7) is 8.06. The van der Waals surface area contributed by atoms with E-state index in [0.717, 1.165) is 84.4 Å². The summed E-state index contributed by atoms with van der Waals surface area (Å²) in [5.41, 5.74) is 15.2. The highest BCUT2D eigenvalue weighted by atomic mass is 15.1. The van der Waals surface area contributed by atoms with Crippen molar-refractivity contribution in [2.45, 2.75) is 0 Å². The van der Waals surface area contributed by atoms with E-state index in [9.17, 15) is 0 Å². The Morgan fingerprint density at radius 1 is 0.386 bits per heavy atom. The van der Waals surface area contributed by atoms with Crippen LogP contribution >= 0.6 is 0 Å². The molecule has 0 amide bonds. The SMILES string of the molecule is C=Cc1nc(-c2ccc(-c3ccc(-c4cc(-c5ccc(-c6ccccc6)cc5)nc(-c5ccc(-c6ccncc6)cc5)n4)cc3)cc2)n(-c2ccccc2)c1C=C. The second-order valence-corrected chi connectivity index (χ2v) is 13.7. The summed E-state index contributed by atoms with van der Waals surface area (Å²) in [4.78, 5) is 19.3. The van der Waals surface area contributed by atoms with E-state index in [0.29, 0.717) is 5.82 Å². The van der Waals surface area contributed by atoms with E-state index in [1.807, 2.05) is 54.9 Å². The van der Waals surface area contributed by atoms with Gasteiger partial charge in [0.25, 0.3) is 0 Å². The first kappa shape index (κ1) is 35.0. The van der Waals surface area contributed by atoms with E-state index >= 15 is 0 Å². The predicted octanol–water partition coefficient (Wildman–Crippen LogP) is 13.0. The van der Waals surface area contributed by atoms with Crippen LogP contribution in [0.5, 0.6) is 0 Å². The van der Waals surface area contributed by atoms with Gasteiger partial charge in [0.1, 0.15) is 5.82 Å². The summed E-state index contributed by atoms with van der Waals surface area (Å²) in [6.07, 6.45) is 7.24. The summed E-state index contributed by atoms with van der Waals surface area (Å²) in [6, 6.07) is 60.9. The number of para-hydroxylation sites is 1. The maximum absolute atomic E-state index is 5.13. The molecule has 0 fully saturated rings. The van der Waals surface area contributed by atoms with E-state index in [2.05, 4.69) is 162 Å². The summed E-state index contributed by atoms with van der Waals surface area (Å²) in [5, 5.41) is 0. The number of hydrogen-bond donors (Lipinski definition) is 0. The molecule has 9 aromatic rings. The summed E-state index contributed by atoms with van der Waals surface area (Å²) >= 11 is 0. The third-order valence-corrected chi connectivity index (χ3v) is 10.2. The van der Waals surface area contributed by atoms with Gasteiger partial charge in [-0.25, -0.2) is 15.0 Å². The lowest BCUT2D eigenvalue weighted by Gasteiger charge is -2.12. The Balaban J connectivity index is 1.05. The van der Waals surface area contributed by atoms with Gasteiger partial charge in [-0.1, -0.05) is 159 Å². The van der Waals surface area contributed by atoms with Crippen molar-refractivity contribution in [3.63, 3.8) is 0 Å². The highest BCUT2D eigenvalue weighted by molar-refractivity contribution is 5.78. The second kappa shape index (κ2) is 15.5. The molecule has 0 N–H and O–H groups in total. The predicted molar refractivity (Wildman–Crippen MR) is 235 cm³/mol. The molecule has 0 spiro atoms. The van der Waals surface area contributed by atoms with Gasteiger partial charge in [0, 0.05) is 40.3 Å². The number of pyridine rings is 1. The molecular formula is C52H37N5. The van der Waals surface area contributed by atoms with Gasteiger partial charge in [0.05, 0.1) is 22.8 Å². The van der Waals surface area contributed by atoms with Gasteiger partial charge < -0.3 is 0 Å². The van der Waals surface area contributed by atoms with Crippen LogP contribution in [-0.4, -0.2) is 24.5 Å². The number of rotatable bonds is 10. The molecule has 57 heavy (non-hydrogen) atoms. The Morgan fingerprint density at radius 2 is 0.807 bits per heavy atom. The van der Waals surface area contributed by atoms with Crippen molar-refractivity contribution in [3.8, 4) is 84.4 Å². The fourth-order valence-corrected chi connectivity index (χ4v) is 7.17. The van der Waals surface area contributed by atoms with Crippen LogP contribution in [0.1, 0.15) is 11.4 Å². The Kier molecular flexibility index (Phi) is 9.53. The first-order valence-corrected chi connectivity index (χ1v) is 18.9. The number of benzene rings is 6.